The molecular weight excluding hydrogens is 769 g/mol. The van der Waals surface area contributed by atoms with Crippen LogP contribution in [0, 0.1) is 0 Å². The van der Waals surface area contributed by atoms with Crippen molar-refractivity contribution < 1.29 is 0 Å². The third kappa shape index (κ3) is 5.93. The van der Waals surface area contributed by atoms with Gasteiger partial charge in [-0.2, -0.15) is 0 Å². The first-order valence-electron chi connectivity index (χ1n) is 21.1. The first-order chi connectivity index (χ1) is 30.7. The van der Waals surface area contributed by atoms with Gasteiger partial charge in [-0.15, -0.1) is 11.3 Å². The molecule has 11 aromatic rings. The van der Waals surface area contributed by atoms with Crippen LogP contribution in [-0.4, -0.2) is 9.97 Å². The number of nitrogens with zero attached hydrogens (tertiary/aromatic N) is 2. The van der Waals surface area contributed by atoms with Crippen LogP contribution in [-0.2, 0) is 5.41 Å². The molecule has 0 unspecified atom stereocenters. The molecule has 1 aliphatic carbocycles. The Balaban J connectivity index is 0.968. The third-order valence-electron chi connectivity index (χ3n) is 12.6. The third-order valence-corrected chi connectivity index (χ3v) is 13.7. The molecule has 9 aromatic carbocycles. The summed E-state index contributed by atoms with van der Waals surface area (Å²) >= 11 is 1.85. The molecule has 0 saturated carbocycles. The summed E-state index contributed by atoms with van der Waals surface area (Å²) in [5, 5.41) is 2.60. The number of thiophene rings is 1. The second kappa shape index (κ2) is 14.8. The molecule has 0 amide bonds. The van der Waals surface area contributed by atoms with E-state index in [0.29, 0.717) is 5.82 Å². The summed E-state index contributed by atoms with van der Waals surface area (Å²) in [6.07, 6.45) is 0. The van der Waals surface area contributed by atoms with Gasteiger partial charge >= 0.3 is 0 Å². The highest BCUT2D eigenvalue weighted by atomic mass is 32.1. The Bertz CT molecular complexity index is 3420. The minimum absolute atomic E-state index is 0.428. The number of hydrogen-bond acceptors (Lipinski definition) is 3. The maximum absolute atomic E-state index is 5.24. The minimum atomic E-state index is -0.428. The fourth-order valence-electron chi connectivity index (χ4n) is 9.71. The fourth-order valence-corrected chi connectivity index (χ4v) is 10.8. The zero-order valence-electron chi connectivity index (χ0n) is 33.7. The van der Waals surface area contributed by atoms with Crippen LogP contribution in [0.25, 0.3) is 87.5 Å². The lowest BCUT2D eigenvalue weighted by Crippen LogP contribution is -2.28. The van der Waals surface area contributed by atoms with Crippen LogP contribution in [0.4, 0.5) is 0 Å². The van der Waals surface area contributed by atoms with E-state index in [1.165, 1.54) is 59.1 Å². The molecule has 0 aliphatic heterocycles. The molecule has 0 atom stereocenters. The molecule has 2 heterocycles. The lowest BCUT2D eigenvalue weighted by molar-refractivity contribution is 0.768. The molecule has 0 bridgehead atoms. The summed E-state index contributed by atoms with van der Waals surface area (Å²) in [5.41, 5.74) is 16.7. The van der Waals surface area contributed by atoms with Crippen LogP contribution in [0.5, 0.6) is 0 Å². The van der Waals surface area contributed by atoms with E-state index in [2.05, 4.69) is 212 Å². The summed E-state index contributed by atoms with van der Waals surface area (Å²) < 4.78 is 2.62. The van der Waals surface area contributed by atoms with E-state index in [1.54, 1.807) is 0 Å². The Labute approximate surface area is 365 Å². The van der Waals surface area contributed by atoms with Gasteiger partial charge in [-0.1, -0.05) is 188 Å². The van der Waals surface area contributed by atoms with Crippen LogP contribution in [0.15, 0.2) is 231 Å². The SMILES string of the molecule is c1ccc(-c2nc(-c3cccc(-c4ccc5c(c4)-c4ccccc4C5(c4ccccc4)c4ccccc4)c3)cc(-c3cccc(-c4ccc5sc6ccccc6c5c4)c3)n2)cc1. The van der Waals surface area contributed by atoms with Crippen LogP contribution >= 0.6 is 11.3 Å². The lowest BCUT2D eigenvalue weighted by Gasteiger charge is -2.33. The lowest BCUT2D eigenvalue weighted by atomic mass is 9.67. The van der Waals surface area contributed by atoms with Gasteiger partial charge in [0.05, 0.1) is 16.8 Å². The first kappa shape index (κ1) is 36.2. The molecule has 290 valence electrons. The summed E-state index contributed by atoms with van der Waals surface area (Å²) in [4.78, 5) is 10.4. The normalized spacial score (nSPS) is 12.6. The second-order valence-corrected chi connectivity index (χ2v) is 17.2. The molecule has 2 aromatic heterocycles. The standard InChI is InChI=1S/C59H38N2S/c1-4-16-39(17-5-1)58-60-54(38-55(61-58)45-21-15-19-41(35-45)43-31-33-57-51(37-43)49-27-11-13-29-56(49)62-57)44-20-14-18-40(34-44)42-30-32-53-50(36-42)48-26-10-12-28-52(48)59(53,46-22-6-2-7-23-46)47-24-8-3-9-25-47/h1-38H. The Morgan fingerprint density at radius 1 is 0.306 bits per heavy atom. The summed E-state index contributed by atoms with van der Waals surface area (Å²) in [5.74, 6) is 0.701. The summed E-state index contributed by atoms with van der Waals surface area (Å²) in [7, 11) is 0. The van der Waals surface area contributed by atoms with Crippen molar-refractivity contribution in [2.45, 2.75) is 5.41 Å². The van der Waals surface area contributed by atoms with E-state index in [1.807, 2.05) is 29.5 Å². The van der Waals surface area contributed by atoms with Gasteiger partial charge in [-0.3, -0.25) is 0 Å². The van der Waals surface area contributed by atoms with Crippen LogP contribution < -0.4 is 0 Å². The van der Waals surface area contributed by atoms with Crippen LogP contribution in [0.2, 0.25) is 0 Å². The number of rotatable bonds is 7. The van der Waals surface area contributed by atoms with E-state index >= 15 is 0 Å². The molecule has 2 nitrogen and oxygen atoms in total. The topological polar surface area (TPSA) is 25.8 Å². The van der Waals surface area contributed by atoms with Gasteiger partial charge in [0.25, 0.3) is 0 Å². The zero-order valence-corrected chi connectivity index (χ0v) is 34.6. The molecule has 0 saturated heterocycles. The van der Waals surface area contributed by atoms with E-state index in [4.69, 9.17) is 9.97 Å². The Kier molecular flexibility index (Phi) is 8.62. The molecule has 12 rings (SSSR count). The molecular formula is C59H38N2S. The van der Waals surface area contributed by atoms with E-state index in [9.17, 15) is 0 Å². The quantitative estimate of drug-likeness (QED) is 0.160. The van der Waals surface area contributed by atoms with Crippen molar-refractivity contribution in [1.29, 1.82) is 0 Å². The number of benzene rings is 9. The Morgan fingerprint density at radius 3 is 1.50 bits per heavy atom. The van der Waals surface area contributed by atoms with E-state index in [0.717, 1.165) is 44.8 Å². The largest absolute Gasteiger partial charge is 0.228 e. The minimum Gasteiger partial charge on any atom is -0.228 e. The Hall–Kier alpha value is -7.72. The average molecular weight is 807 g/mol. The van der Waals surface area contributed by atoms with Crippen LogP contribution in [0.1, 0.15) is 22.3 Å². The van der Waals surface area contributed by atoms with Crippen molar-refractivity contribution in [3.63, 3.8) is 0 Å². The molecule has 3 heteroatoms. The molecule has 0 spiro atoms. The van der Waals surface area contributed by atoms with Gasteiger partial charge in [0, 0.05) is 36.9 Å². The van der Waals surface area contributed by atoms with Crippen molar-refractivity contribution >= 4 is 31.5 Å². The number of fused-ring (bicyclic) bond motifs is 6. The van der Waals surface area contributed by atoms with Crippen molar-refractivity contribution in [1.82, 2.24) is 9.97 Å². The van der Waals surface area contributed by atoms with Gasteiger partial charge in [0.15, 0.2) is 5.82 Å². The van der Waals surface area contributed by atoms with Crippen molar-refractivity contribution in [2.75, 3.05) is 0 Å². The molecule has 0 radical (unpaired) electrons. The highest BCUT2D eigenvalue weighted by Crippen LogP contribution is 2.56. The van der Waals surface area contributed by atoms with Gasteiger partial charge in [0.2, 0.25) is 0 Å². The second-order valence-electron chi connectivity index (χ2n) is 16.1. The number of aromatic nitrogens is 2. The van der Waals surface area contributed by atoms with Crippen molar-refractivity contribution in [2.24, 2.45) is 0 Å². The maximum Gasteiger partial charge on any atom is 0.160 e. The van der Waals surface area contributed by atoms with Gasteiger partial charge < -0.3 is 0 Å². The fraction of sp³-hybridized carbons (Fsp3) is 0.0169. The van der Waals surface area contributed by atoms with Crippen LogP contribution in [0.3, 0.4) is 0 Å². The molecule has 0 fully saturated rings. The zero-order chi connectivity index (χ0) is 41.0. The van der Waals surface area contributed by atoms with E-state index in [-0.39, 0.29) is 0 Å². The number of hydrogen-bond donors (Lipinski definition) is 0. The predicted octanol–water partition coefficient (Wildman–Crippen LogP) is 15.5. The van der Waals surface area contributed by atoms with Gasteiger partial charge in [-0.25, -0.2) is 9.97 Å². The smallest absolute Gasteiger partial charge is 0.160 e. The Morgan fingerprint density at radius 2 is 0.806 bits per heavy atom. The molecule has 0 N–H and O–H groups in total. The maximum atomic E-state index is 5.24. The summed E-state index contributed by atoms with van der Waals surface area (Å²) in [6.45, 7) is 0. The van der Waals surface area contributed by atoms with Crippen molar-refractivity contribution in [3.05, 3.63) is 253 Å². The van der Waals surface area contributed by atoms with E-state index < -0.39 is 5.41 Å². The van der Waals surface area contributed by atoms with Gasteiger partial charge in [-0.05, 0) is 98.1 Å². The predicted molar refractivity (Wildman–Crippen MR) is 259 cm³/mol. The molecule has 1 aliphatic rings. The summed E-state index contributed by atoms with van der Waals surface area (Å²) in [6, 6.07) is 83.5. The highest BCUT2D eigenvalue weighted by molar-refractivity contribution is 7.25. The molecule has 62 heavy (non-hydrogen) atoms. The first-order valence-corrected chi connectivity index (χ1v) is 22.0. The highest BCUT2D eigenvalue weighted by Gasteiger charge is 2.45. The average Bonchev–Trinajstić information content (AvgIpc) is 3.88. The van der Waals surface area contributed by atoms with Crippen molar-refractivity contribution in [3.8, 4) is 67.3 Å². The monoisotopic (exact) mass is 806 g/mol. The van der Waals surface area contributed by atoms with Gasteiger partial charge in [0.1, 0.15) is 0 Å².